The van der Waals surface area contributed by atoms with Crippen molar-refractivity contribution in [2.45, 2.75) is 45.6 Å². The fraction of sp³-hybridized carbons (Fsp3) is 0.571. The van der Waals surface area contributed by atoms with E-state index in [1.807, 2.05) is 0 Å². The normalized spacial score (nSPS) is 13.0. The van der Waals surface area contributed by atoms with Crippen LogP contribution in [0.3, 0.4) is 0 Å². The van der Waals surface area contributed by atoms with Crippen LogP contribution in [0, 0.1) is 5.92 Å². The molecular weight excluding hydrogens is 218 g/mol. The molecule has 0 amide bonds. The predicted octanol–water partition coefficient (Wildman–Crippen LogP) is 3.80. The molecule has 0 bridgehead atoms. The van der Waals surface area contributed by atoms with Crippen LogP contribution in [0.15, 0.2) is 30.3 Å². The Morgan fingerprint density at radius 2 is 1.62 bits per heavy atom. The summed E-state index contributed by atoms with van der Waals surface area (Å²) in [6.45, 7) is 6.63. The van der Waals surface area contributed by atoms with Gasteiger partial charge in [-0.15, -0.1) is 12.4 Å². The first-order valence-electron chi connectivity index (χ1n) is 5.95. The second kappa shape index (κ2) is 6.93. The fourth-order valence-electron chi connectivity index (χ4n) is 2.12. The van der Waals surface area contributed by atoms with Crippen molar-refractivity contribution in [3.05, 3.63) is 35.9 Å². The molecule has 1 aromatic rings. The number of benzene rings is 1. The second-order valence-corrected chi connectivity index (χ2v) is 4.53. The van der Waals surface area contributed by atoms with E-state index in [-0.39, 0.29) is 17.9 Å². The lowest BCUT2D eigenvalue weighted by molar-refractivity contribution is 0.268. The van der Waals surface area contributed by atoms with Crippen LogP contribution < -0.4 is 5.73 Å². The SMILES string of the molecule is CCC(N)(CC)C(C)Cc1ccccc1.Cl. The molecule has 1 aromatic carbocycles. The van der Waals surface area contributed by atoms with Crippen LogP contribution in [0.4, 0.5) is 0 Å². The van der Waals surface area contributed by atoms with E-state index in [9.17, 15) is 0 Å². The van der Waals surface area contributed by atoms with Crippen LogP contribution in [0.25, 0.3) is 0 Å². The van der Waals surface area contributed by atoms with Crippen LogP contribution in [-0.4, -0.2) is 5.54 Å². The van der Waals surface area contributed by atoms with Crippen molar-refractivity contribution in [2.75, 3.05) is 0 Å². The van der Waals surface area contributed by atoms with Gasteiger partial charge in [-0.1, -0.05) is 51.1 Å². The van der Waals surface area contributed by atoms with Crippen molar-refractivity contribution in [3.8, 4) is 0 Å². The standard InChI is InChI=1S/C14H23N.ClH/c1-4-14(15,5-2)12(3)11-13-9-7-6-8-10-13;/h6-10,12H,4-5,11,15H2,1-3H3;1H. The Morgan fingerprint density at radius 1 is 1.12 bits per heavy atom. The summed E-state index contributed by atoms with van der Waals surface area (Å²) in [6.07, 6.45) is 3.19. The molecule has 2 N–H and O–H groups in total. The zero-order chi connectivity index (χ0) is 11.3. The Labute approximate surface area is 106 Å². The summed E-state index contributed by atoms with van der Waals surface area (Å²) in [7, 11) is 0. The van der Waals surface area contributed by atoms with Gasteiger partial charge < -0.3 is 5.73 Å². The lowest BCUT2D eigenvalue weighted by Crippen LogP contribution is -2.45. The molecule has 0 spiro atoms. The van der Waals surface area contributed by atoms with Crippen molar-refractivity contribution in [1.82, 2.24) is 0 Å². The Bertz CT molecular complexity index is 280. The van der Waals surface area contributed by atoms with Gasteiger partial charge in [0, 0.05) is 5.54 Å². The van der Waals surface area contributed by atoms with Gasteiger partial charge in [0.2, 0.25) is 0 Å². The molecule has 0 aliphatic heterocycles. The Hall–Kier alpha value is -0.530. The molecule has 0 aliphatic rings. The summed E-state index contributed by atoms with van der Waals surface area (Å²) < 4.78 is 0. The molecule has 0 radical (unpaired) electrons. The van der Waals surface area contributed by atoms with Gasteiger partial charge in [-0.3, -0.25) is 0 Å². The predicted molar refractivity (Wildman–Crippen MR) is 74.1 cm³/mol. The fourth-order valence-corrected chi connectivity index (χ4v) is 2.12. The molecular formula is C14H24ClN. The average molecular weight is 242 g/mol. The van der Waals surface area contributed by atoms with Gasteiger partial charge in [-0.25, -0.2) is 0 Å². The van der Waals surface area contributed by atoms with Gasteiger partial charge in [0.25, 0.3) is 0 Å². The zero-order valence-electron chi connectivity index (χ0n) is 10.6. The van der Waals surface area contributed by atoms with E-state index in [0.29, 0.717) is 5.92 Å². The van der Waals surface area contributed by atoms with E-state index in [1.165, 1.54) is 5.56 Å². The maximum absolute atomic E-state index is 6.39. The van der Waals surface area contributed by atoms with Crippen molar-refractivity contribution < 1.29 is 0 Å². The van der Waals surface area contributed by atoms with E-state index < -0.39 is 0 Å². The Morgan fingerprint density at radius 3 is 2.06 bits per heavy atom. The minimum absolute atomic E-state index is 0. The molecule has 2 heteroatoms. The first kappa shape index (κ1) is 15.5. The third-order valence-electron chi connectivity index (χ3n) is 3.68. The van der Waals surface area contributed by atoms with Crippen molar-refractivity contribution in [3.63, 3.8) is 0 Å². The molecule has 1 nitrogen and oxygen atoms in total. The van der Waals surface area contributed by atoms with Gasteiger partial charge in [0.1, 0.15) is 0 Å². The molecule has 0 fully saturated rings. The third-order valence-corrected chi connectivity index (χ3v) is 3.68. The maximum atomic E-state index is 6.39. The molecule has 0 heterocycles. The summed E-state index contributed by atoms with van der Waals surface area (Å²) in [5.74, 6) is 0.537. The smallest absolute Gasteiger partial charge is 0.0178 e. The monoisotopic (exact) mass is 241 g/mol. The van der Waals surface area contributed by atoms with Gasteiger partial charge >= 0.3 is 0 Å². The maximum Gasteiger partial charge on any atom is 0.0178 e. The highest BCUT2D eigenvalue weighted by Crippen LogP contribution is 2.25. The van der Waals surface area contributed by atoms with Gasteiger partial charge in [0.05, 0.1) is 0 Å². The Kier molecular flexibility index (Phi) is 6.70. The highest BCUT2D eigenvalue weighted by molar-refractivity contribution is 5.85. The highest BCUT2D eigenvalue weighted by Gasteiger charge is 2.27. The van der Waals surface area contributed by atoms with E-state index >= 15 is 0 Å². The van der Waals surface area contributed by atoms with Gasteiger partial charge in [-0.2, -0.15) is 0 Å². The van der Waals surface area contributed by atoms with Gasteiger partial charge in [0.15, 0.2) is 0 Å². The van der Waals surface area contributed by atoms with Crippen LogP contribution >= 0.6 is 12.4 Å². The van der Waals surface area contributed by atoms with Gasteiger partial charge in [-0.05, 0) is 30.7 Å². The highest BCUT2D eigenvalue weighted by atomic mass is 35.5. The van der Waals surface area contributed by atoms with E-state index in [4.69, 9.17) is 5.73 Å². The largest absolute Gasteiger partial charge is 0.325 e. The minimum Gasteiger partial charge on any atom is -0.325 e. The average Bonchev–Trinajstić information content (AvgIpc) is 2.29. The first-order valence-corrected chi connectivity index (χ1v) is 5.95. The summed E-state index contributed by atoms with van der Waals surface area (Å²) in [5.41, 5.74) is 7.77. The quantitative estimate of drug-likeness (QED) is 0.834. The lowest BCUT2D eigenvalue weighted by atomic mass is 9.78. The van der Waals surface area contributed by atoms with Crippen LogP contribution in [0.5, 0.6) is 0 Å². The molecule has 1 atom stereocenters. The molecule has 1 rings (SSSR count). The van der Waals surface area contributed by atoms with E-state index in [1.54, 1.807) is 0 Å². The summed E-state index contributed by atoms with van der Waals surface area (Å²) in [6, 6.07) is 10.6. The van der Waals surface area contributed by atoms with Crippen LogP contribution in [0.1, 0.15) is 39.2 Å². The summed E-state index contributed by atoms with van der Waals surface area (Å²) in [4.78, 5) is 0. The molecule has 1 unspecified atom stereocenters. The van der Waals surface area contributed by atoms with Crippen LogP contribution in [0.2, 0.25) is 0 Å². The number of halogens is 1. The Balaban J connectivity index is 0.00000225. The third kappa shape index (κ3) is 3.80. The summed E-state index contributed by atoms with van der Waals surface area (Å²) in [5, 5.41) is 0. The first-order chi connectivity index (χ1) is 7.12. The molecule has 0 saturated heterocycles. The number of rotatable bonds is 5. The van der Waals surface area contributed by atoms with Crippen molar-refractivity contribution in [1.29, 1.82) is 0 Å². The molecule has 16 heavy (non-hydrogen) atoms. The zero-order valence-corrected chi connectivity index (χ0v) is 11.4. The molecule has 92 valence electrons. The molecule has 0 aliphatic carbocycles. The second-order valence-electron chi connectivity index (χ2n) is 4.53. The minimum atomic E-state index is -0.00413. The number of hydrogen-bond acceptors (Lipinski definition) is 1. The number of hydrogen-bond donors (Lipinski definition) is 1. The lowest BCUT2D eigenvalue weighted by Gasteiger charge is -2.34. The van der Waals surface area contributed by atoms with E-state index in [2.05, 4.69) is 51.1 Å². The van der Waals surface area contributed by atoms with Crippen molar-refractivity contribution in [2.24, 2.45) is 11.7 Å². The molecule has 0 aromatic heterocycles. The van der Waals surface area contributed by atoms with Crippen molar-refractivity contribution >= 4 is 12.4 Å². The molecule has 0 saturated carbocycles. The number of nitrogens with two attached hydrogens (primary N) is 1. The van der Waals surface area contributed by atoms with E-state index in [0.717, 1.165) is 19.3 Å². The topological polar surface area (TPSA) is 26.0 Å². The van der Waals surface area contributed by atoms with Crippen LogP contribution in [-0.2, 0) is 6.42 Å². The summed E-state index contributed by atoms with van der Waals surface area (Å²) >= 11 is 0.